The number of amides is 1. The lowest BCUT2D eigenvalue weighted by atomic mass is 9.48. The summed E-state index contributed by atoms with van der Waals surface area (Å²) in [5.74, 6) is 0.950. The zero-order chi connectivity index (χ0) is 31.7. The van der Waals surface area contributed by atoms with Crippen LogP contribution in [0.1, 0.15) is 36.1 Å². The van der Waals surface area contributed by atoms with E-state index in [0.717, 1.165) is 11.1 Å². The first kappa shape index (κ1) is 29.8. The summed E-state index contributed by atoms with van der Waals surface area (Å²) < 4.78 is 42.9. The molecule has 2 fully saturated rings. The number of pyridine rings is 1. The van der Waals surface area contributed by atoms with Crippen LogP contribution >= 0.6 is 0 Å². The maximum absolute atomic E-state index is 14.5. The molecule has 0 radical (unpaired) electrons. The maximum atomic E-state index is 14.5. The lowest BCUT2D eigenvalue weighted by molar-refractivity contribution is -0.186. The van der Waals surface area contributed by atoms with Crippen molar-refractivity contribution in [1.29, 1.82) is 0 Å². The Bertz CT molecular complexity index is 1800. The minimum Gasteiger partial charge on any atom is -0.493 e. The highest BCUT2D eigenvalue weighted by atomic mass is 32.2. The first-order valence-electron chi connectivity index (χ1n) is 15.3. The number of nitrogens with zero attached hydrogens (tertiary/aromatic N) is 4. The summed E-state index contributed by atoms with van der Waals surface area (Å²) in [7, 11) is 3.01. The highest BCUT2D eigenvalue weighted by Gasteiger charge is 2.74. The van der Waals surface area contributed by atoms with Crippen LogP contribution in [0.4, 0.5) is 5.69 Å². The summed E-state index contributed by atoms with van der Waals surface area (Å²) in [6.07, 6.45) is 5.70. The van der Waals surface area contributed by atoms with Crippen LogP contribution < -0.4 is 14.4 Å². The molecule has 236 valence electrons. The lowest BCUT2D eigenvalue weighted by Crippen LogP contribution is -2.78. The standard InChI is InChI=1S/C34H38N4O6S/c1-36(2)24-10-5-6-11-27(24)45(41,42)38-20-18-33-30-22-12-14-26(43-4)31(30)44-32(33)25(16-17-34(33,40)28(38)21-22)37(3)29(39)15-13-23-9-7-8-19-35-23/h5-15,19,25,28,32,40H,16-18,20-21H2,1-4H3/b15-13-/t25-,28-,32+,33+,34-/m1/s1. The molecule has 2 aliphatic carbocycles. The van der Waals surface area contributed by atoms with Crippen LogP contribution in [0, 0.1) is 0 Å². The number of piperidine rings is 1. The summed E-state index contributed by atoms with van der Waals surface area (Å²) in [6, 6.07) is 15.2. The fraction of sp³-hybridized carbons (Fsp3) is 0.412. The number of likely N-dealkylation sites (N-methyl/N-ethyl adjacent to an activating group) is 1. The average Bonchev–Trinajstić information content (AvgIpc) is 3.39. The third-order valence-electron chi connectivity index (χ3n) is 10.4. The van der Waals surface area contributed by atoms with Crippen LogP contribution in [0.5, 0.6) is 11.5 Å². The van der Waals surface area contributed by atoms with Gasteiger partial charge in [-0.25, -0.2) is 8.42 Å². The number of sulfonamides is 1. The van der Waals surface area contributed by atoms with E-state index in [0.29, 0.717) is 48.6 Å². The van der Waals surface area contributed by atoms with Gasteiger partial charge in [0.05, 0.1) is 41.6 Å². The highest BCUT2D eigenvalue weighted by Crippen LogP contribution is 2.66. The van der Waals surface area contributed by atoms with E-state index in [1.807, 2.05) is 50.5 Å². The Kier molecular flexibility index (Phi) is 6.99. The molecule has 45 heavy (non-hydrogen) atoms. The van der Waals surface area contributed by atoms with Crippen molar-refractivity contribution in [3.8, 4) is 11.5 Å². The second kappa shape index (κ2) is 10.6. The molecule has 1 amide bonds. The van der Waals surface area contributed by atoms with Gasteiger partial charge < -0.3 is 24.4 Å². The predicted molar refractivity (Wildman–Crippen MR) is 170 cm³/mol. The Labute approximate surface area is 263 Å². The van der Waals surface area contributed by atoms with E-state index >= 15 is 0 Å². The zero-order valence-electron chi connectivity index (χ0n) is 25.9. The topological polar surface area (TPSA) is 113 Å². The van der Waals surface area contributed by atoms with Gasteiger partial charge in [-0.05, 0) is 67.7 Å². The molecule has 1 N–H and O–H groups in total. The van der Waals surface area contributed by atoms with Crippen molar-refractivity contribution >= 4 is 27.7 Å². The van der Waals surface area contributed by atoms with Gasteiger partial charge in [0, 0.05) is 45.5 Å². The molecule has 4 aliphatic rings. The normalized spacial score (nSPS) is 28.3. The Hall–Kier alpha value is -3.93. The van der Waals surface area contributed by atoms with Crippen LogP contribution in [-0.2, 0) is 26.7 Å². The van der Waals surface area contributed by atoms with E-state index in [2.05, 4.69) is 4.98 Å². The summed E-state index contributed by atoms with van der Waals surface area (Å²) in [6.45, 7) is 0.205. The van der Waals surface area contributed by atoms with Crippen LogP contribution in [-0.4, -0.2) is 92.2 Å². The Morgan fingerprint density at radius 3 is 2.62 bits per heavy atom. The monoisotopic (exact) mass is 630 g/mol. The van der Waals surface area contributed by atoms with Gasteiger partial charge in [0.25, 0.3) is 0 Å². The summed E-state index contributed by atoms with van der Waals surface area (Å²) in [5, 5.41) is 13.0. The lowest BCUT2D eigenvalue weighted by Gasteiger charge is -2.64. The van der Waals surface area contributed by atoms with Gasteiger partial charge in [-0.3, -0.25) is 9.78 Å². The number of carbonyl (C=O) groups is 1. The smallest absolute Gasteiger partial charge is 0.246 e. The van der Waals surface area contributed by atoms with Gasteiger partial charge in [-0.2, -0.15) is 4.31 Å². The van der Waals surface area contributed by atoms with E-state index in [1.54, 1.807) is 54.4 Å². The number of hydrogen-bond acceptors (Lipinski definition) is 8. The van der Waals surface area contributed by atoms with Gasteiger partial charge in [0.2, 0.25) is 15.9 Å². The first-order valence-corrected chi connectivity index (χ1v) is 16.7. The fourth-order valence-electron chi connectivity index (χ4n) is 8.40. The number of ether oxygens (including phenoxy) is 2. The van der Waals surface area contributed by atoms with Crippen molar-refractivity contribution in [1.82, 2.24) is 14.2 Å². The Morgan fingerprint density at radius 1 is 1.11 bits per heavy atom. The molecule has 3 heterocycles. The third kappa shape index (κ3) is 4.17. The molecule has 0 unspecified atom stereocenters. The van der Waals surface area contributed by atoms with Crippen LogP contribution in [0.25, 0.3) is 6.08 Å². The summed E-state index contributed by atoms with van der Waals surface area (Å²) in [5.41, 5.74) is 0.751. The van der Waals surface area contributed by atoms with Gasteiger partial charge >= 0.3 is 0 Å². The molecule has 1 spiro atoms. The summed E-state index contributed by atoms with van der Waals surface area (Å²) >= 11 is 0. The number of benzene rings is 2. The number of aliphatic hydroxyl groups is 1. The number of para-hydroxylation sites is 1. The minimum atomic E-state index is -3.99. The second-order valence-corrected chi connectivity index (χ2v) is 14.5. The highest BCUT2D eigenvalue weighted by molar-refractivity contribution is 7.89. The average molecular weight is 631 g/mol. The predicted octanol–water partition coefficient (Wildman–Crippen LogP) is 3.24. The molecule has 2 aliphatic heterocycles. The van der Waals surface area contributed by atoms with Crippen LogP contribution in [0.3, 0.4) is 0 Å². The van der Waals surface area contributed by atoms with Crippen molar-refractivity contribution < 1.29 is 27.8 Å². The molecule has 10 nitrogen and oxygen atoms in total. The number of carbonyl (C=O) groups excluding carboxylic acids is 1. The molecule has 1 saturated heterocycles. The van der Waals surface area contributed by atoms with Gasteiger partial charge in [-0.1, -0.05) is 24.3 Å². The van der Waals surface area contributed by atoms with Crippen LogP contribution in [0.15, 0.2) is 71.8 Å². The molecular formula is C34H38N4O6S. The number of rotatable bonds is 7. The zero-order valence-corrected chi connectivity index (χ0v) is 26.7. The largest absolute Gasteiger partial charge is 0.493 e. The van der Waals surface area contributed by atoms with Crippen molar-refractivity contribution in [2.75, 3.05) is 39.7 Å². The molecule has 3 aromatic rings. The molecule has 2 bridgehead atoms. The second-order valence-electron chi connectivity index (χ2n) is 12.7. The Morgan fingerprint density at radius 2 is 1.89 bits per heavy atom. The molecule has 5 atom stereocenters. The molecular weight excluding hydrogens is 592 g/mol. The molecule has 11 heteroatoms. The SMILES string of the molecule is COc1ccc2c3c1O[C@H]1[C@H](N(C)C(=O)/C=C\c4ccccn4)CC[C@@]4(O)[C@@H](C2)N(S(=O)(=O)c2ccccc2N(C)C)CC[C@]314. The van der Waals surface area contributed by atoms with Crippen molar-refractivity contribution in [3.63, 3.8) is 0 Å². The fourth-order valence-corrected chi connectivity index (χ4v) is 10.3. The number of hydrogen-bond donors (Lipinski definition) is 1. The number of anilines is 1. The molecule has 1 aromatic heterocycles. The van der Waals surface area contributed by atoms with Crippen molar-refractivity contribution in [2.45, 2.75) is 59.8 Å². The van der Waals surface area contributed by atoms with E-state index in [-0.39, 0.29) is 23.4 Å². The molecule has 7 rings (SSSR count). The van der Waals surface area contributed by atoms with Gasteiger partial charge in [0.15, 0.2) is 11.5 Å². The maximum Gasteiger partial charge on any atom is 0.246 e. The molecule has 2 aromatic carbocycles. The van der Waals surface area contributed by atoms with E-state index in [9.17, 15) is 18.3 Å². The quantitative estimate of drug-likeness (QED) is 0.396. The third-order valence-corrected chi connectivity index (χ3v) is 12.4. The van der Waals surface area contributed by atoms with Gasteiger partial charge in [-0.15, -0.1) is 0 Å². The number of aromatic nitrogens is 1. The van der Waals surface area contributed by atoms with Gasteiger partial charge in [0.1, 0.15) is 11.0 Å². The van der Waals surface area contributed by atoms with Crippen LogP contribution in [0.2, 0.25) is 0 Å². The van der Waals surface area contributed by atoms with Crippen molar-refractivity contribution in [2.24, 2.45) is 0 Å². The molecule has 1 saturated carbocycles. The van der Waals surface area contributed by atoms with Crippen molar-refractivity contribution in [3.05, 3.63) is 83.7 Å². The van der Waals surface area contributed by atoms with E-state index in [4.69, 9.17) is 9.47 Å². The number of methoxy groups -OCH3 is 1. The van der Waals surface area contributed by atoms with E-state index < -0.39 is 33.2 Å². The minimum absolute atomic E-state index is 0.202. The summed E-state index contributed by atoms with van der Waals surface area (Å²) in [4.78, 5) is 21.5. The van der Waals surface area contributed by atoms with E-state index in [1.165, 1.54) is 10.4 Å². The Balaban J connectivity index is 1.31. The first-order chi connectivity index (χ1) is 21.5.